The third kappa shape index (κ3) is 4.65. The molecule has 34 heavy (non-hydrogen) atoms. The molecule has 0 saturated carbocycles. The number of nitrogens with zero attached hydrogens (tertiary/aromatic N) is 1. The van der Waals surface area contributed by atoms with E-state index in [-0.39, 0.29) is 17.1 Å². The van der Waals surface area contributed by atoms with Gasteiger partial charge < -0.3 is 13.9 Å². The van der Waals surface area contributed by atoms with Crippen LogP contribution in [-0.4, -0.2) is 28.5 Å². The van der Waals surface area contributed by atoms with Crippen molar-refractivity contribution < 1.29 is 27.1 Å². The summed E-state index contributed by atoms with van der Waals surface area (Å²) >= 11 is 0. The lowest BCUT2D eigenvalue weighted by Gasteiger charge is -2.19. The Kier molecular flexibility index (Phi) is 6.38. The van der Waals surface area contributed by atoms with E-state index in [1.807, 2.05) is 0 Å². The Balaban J connectivity index is 1.56. The second-order valence-electron chi connectivity index (χ2n) is 7.36. The van der Waals surface area contributed by atoms with Gasteiger partial charge in [-0.3, -0.25) is 4.31 Å². The zero-order valence-corrected chi connectivity index (χ0v) is 19.2. The van der Waals surface area contributed by atoms with Crippen LogP contribution in [0.15, 0.2) is 93.0 Å². The number of ether oxygens (including phenoxy) is 2. The van der Waals surface area contributed by atoms with Gasteiger partial charge in [0.2, 0.25) is 0 Å². The molecule has 9 heteroatoms. The Hall–Kier alpha value is -4.11. The summed E-state index contributed by atoms with van der Waals surface area (Å²) in [5, 5.41) is 0.592. The van der Waals surface area contributed by atoms with Gasteiger partial charge in [-0.25, -0.2) is 18.0 Å². The molecule has 0 unspecified atom stereocenters. The number of carbonyl (C=O) groups excluding carboxylic acids is 1. The number of sulfonamides is 1. The highest BCUT2D eigenvalue weighted by molar-refractivity contribution is 7.92. The molecule has 0 aliphatic carbocycles. The molecule has 8 nitrogen and oxygen atoms in total. The van der Waals surface area contributed by atoms with E-state index >= 15 is 0 Å². The summed E-state index contributed by atoms with van der Waals surface area (Å²) in [5.41, 5.74) is 0.715. The van der Waals surface area contributed by atoms with Gasteiger partial charge >= 0.3 is 11.6 Å². The van der Waals surface area contributed by atoms with Gasteiger partial charge in [-0.05, 0) is 42.5 Å². The first kappa shape index (κ1) is 23.1. The second-order valence-corrected chi connectivity index (χ2v) is 9.33. The fraction of sp³-hybridized carbons (Fsp3) is 0.120. The Morgan fingerprint density at radius 3 is 2.47 bits per heavy atom. The Labute approximate surface area is 196 Å². The quantitative estimate of drug-likeness (QED) is 0.292. The molecular weight excluding hydrogens is 458 g/mol. The number of para-hydroxylation sites is 1. The lowest BCUT2D eigenvalue weighted by atomic mass is 10.1. The largest absolute Gasteiger partial charge is 0.497 e. The molecular formula is C25H21NO7S. The minimum Gasteiger partial charge on any atom is -0.497 e. The summed E-state index contributed by atoms with van der Waals surface area (Å²) < 4.78 is 43.0. The third-order valence-electron chi connectivity index (χ3n) is 5.24. The molecule has 3 aromatic carbocycles. The van der Waals surface area contributed by atoms with Crippen molar-refractivity contribution in [3.05, 3.63) is 100 Å². The minimum atomic E-state index is -3.90. The Morgan fingerprint density at radius 2 is 1.74 bits per heavy atom. The van der Waals surface area contributed by atoms with Crippen molar-refractivity contribution in [1.82, 2.24) is 0 Å². The molecule has 4 rings (SSSR count). The summed E-state index contributed by atoms with van der Waals surface area (Å²) in [6.45, 7) is -0.200. The number of hydrogen-bond donors (Lipinski definition) is 0. The number of benzene rings is 3. The smallest absolute Gasteiger partial charge is 0.338 e. The summed E-state index contributed by atoms with van der Waals surface area (Å²) in [6, 6.07) is 20.4. The zero-order chi connectivity index (χ0) is 24.3. The van der Waals surface area contributed by atoms with E-state index in [0.717, 1.165) is 4.31 Å². The van der Waals surface area contributed by atoms with Crippen molar-refractivity contribution in [3.8, 4) is 5.75 Å². The number of hydrogen-bond acceptors (Lipinski definition) is 7. The fourth-order valence-corrected chi connectivity index (χ4v) is 4.64. The van der Waals surface area contributed by atoms with Gasteiger partial charge in [0.25, 0.3) is 10.0 Å². The van der Waals surface area contributed by atoms with Crippen molar-refractivity contribution >= 4 is 32.6 Å². The van der Waals surface area contributed by atoms with E-state index in [2.05, 4.69) is 0 Å². The van der Waals surface area contributed by atoms with Crippen LogP contribution in [0.2, 0.25) is 0 Å². The van der Waals surface area contributed by atoms with Crippen LogP contribution >= 0.6 is 0 Å². The Morgan fingerprint density at radius 1 is 0.971 bits per heavy atom. The van der Waals surface area contributed by atoms with E-state index < -0.39 is 21.6 Å². The summed E-state index contributed by atoms with van der Waals surface area (Å²) in [4.78, 5) is 24.6. The number of esters is 1. The highest BCUT2D eigenvalue weighted by Crippen LogP contribution is 2.25. The molecule has 0 radical (unpaired) electrons. The predicted octanol–water partition coefficient (Wildman–Crippen LogP) is 3.98. The molecule has 0 saturated heterocycles. The monoisotopic (exact) mass is 479 g/mol. The third-order valence-corrected chi connectivity index (χ3v) is 7.03. The number of carbonyl (C=O) groups is 1. The molecule has 0 aliphatic rings. The summed E-state index contributed by atoms with van der Waals surface area (Å²) in [5.74, 6) is -0.211. The van der Waals surface area contributed by atoms with Gasteiger partial charge in [0.05, 0.1) is 23.3 Å². The van der Waals surface area contributed by atoms with Gasteiger partial charge in [0, 0.05) is 30.1 Å². The average Bonchev–Trinajstić information content (AvgIpc) is 2.86. The molecule has 0 aliphatic heterocycles. The molecule has 0 bridgehead atoms. The van der Waals surface area contributed by atoms with Crippen LogP contribution in [0, 0.1) is 0 Å². The van der Waals surface area contributed by atoms with E-state index in [1.165, 1.54) is 44.5 Å². The van der Waals surface area contributed by atoms with Crippen molar-refractivity contribution in [2.24, 2.45) is 0 Å². The van der Waals surface area contributed by atoms with Crippen LogP contribution in [0.25, 0.3) is 11.0 Å². The molecule has 0 atom stereocenters. The highest BCUT2D eigenvalue weighted by Gasteiger charge is 2.23. The normalized spacial score (nSPS) is 11.2. The maximum Gasteiger partial charge on any atom is 0.338 e. The molecule has 1 aromatic heterocycles. The lowest BCUT2D eigenvalue weighted by molar-refractivity contribution is 0.0473. The van der Waals surface area contributed by atoms with Crippen molar-refractivity contribution in [2.75, 3.05) is 18.5 Å². The molecule has 0 spiro atoms. The van der Waals surface area contributed by atoms with E-state index in [4.69, 9.17) is 13.9 Å². The van der Waals surface area contributed by atoms with E-state index in [9.17, 15) is 18.0 Å². The Bertz CT molecular complexity index is 1510. The lowest BCUT2D eigenvalue weighted by Crippen LogP contribution is -2.26. The first-order chi connectivity index (χ1) is 16.3. The van der Waals surface area contributed by atoms with Crippen molar-refractivity contribution in [3.63, 3.8) is 0 Å². The fourth-order valence-electron chi connectivity index (χ4n) is 3.40. The molecule has 0 fully saturated rings. The van der Waals surface area contributed by atoms with Crippen LogP contribution in [-0.2, 0) is 21.4 Å². The number of methoxy groups -OCH3 is 1. The van der Waals surface area contributed by atoms with Gasteiger partial charge in [-0.1, -0.05) is 24.3 Å². The van der Waals surface area contributed by atoms with Crippen molar-refractivity contribution in [1.29, 1.82) is 0 Å². The molecule has 4 aromatic rings. The first-order valence-electron chi connectivity index (χ1n) is 10.2. The molecule has 0 amide bonds. The molecule has 1 heterocycles. The maximum absolute atomic E-state index is 13.0. The average molecular weight is 480 g/mol. The summed E-state index contributed by atoms with van der Waals surface area (Å²) in [7, 11) is -0.958. The molecule has 0 N–H and O–H groups in total. The molecule has 174 valence electrons. The van der Waals surface area contributed by atoms with Gasteiger partial charge in [-0.15, -0.1) is 0 Å². The SMILES string of the molecule is COc1ccc2c(COC(=O)c3cccc(S(=O)(=O)N(C)c4ccccc4)c3)cc(=O)oc2c1. The predicted molar refractivity (Wildman–Crippen MR) is 127 cm³/mol. The second kappa shape index (κ2) is 9.40. The highest BCUT2D eigenvalue weighted by atomic mass is 32.2. The number of rotatable bonds is 7. The zero-order valence-electron chi connectivity index (χ0n) is 18.4. The topological polar surface area (TPSA) is 103 Å². The number of anilines is 1. The van der Waals surface area contributed by atoms with Crippen LogP contribution in [0.1, 0.15) is 15.9 Å². The first-order valence-corrected chi connectivity index (χ1v) is 11.7. The van der Waals surface area contributed by atoms with Crippen LogP contribution in [0.5, 0.6) is 5.75 Å². The summed E-state index contributed by atoms with van der Waals surface area (Å²) in [6.07, 6.45) is 0. The maximum atomic E-state index is 13.0. The standard InChI is InChI=1S/C25H21NO7S/c1-26(19-8-4-3-5-9-19)34(29,30)21-10-6-7-17(13-21)25(28)32-16-18-14-24(27)33-23-15-20(31-2)11-12-22(18)23/h3-15H,16H2,1-2H3. The minimum absolute atomic E-state index is 0.0498. The number of fused-ring (bicyclic) bond motifs is 1. The van der Waals surface area contributed by atoms with Crippen LogP contribution < -0.4 is 14.7 Å². The van der Waals surface area contributed by atoms with Gasteiger partial charge in [-0.2, -0.15) is 0 Å². The van der Waals surface area contributed by atoms with Crippen LogP contribution in [0.3, 0.4) is 0 Å². The van der Waals surface area contributed by atoms with Gasteiger partial charge in [0.15, 0.2) is 0 Å². The van der Waals surface area contributed by atoms with Crippen molar-refractivity contribution in [2.45, 2.75) is 11.5 Å². The van der Waals surface area contributed by atoms with E-state index in [0.29, 0.717) is 28.0 Å². The van der Waals surface area contributed by atoms with Crippen LogP contribution in [0.4, 0.5) is 5.69 Å². The van der Waals surface area contributed by atoms with E-state index in [1.54, 1.807) is 48.5 Å². The van der Waals surface area contributed by atoms with Gasteiger partial charge in [0.1, 0.15) is 17.9 Å².